The van der Waals surface area contributed by atoms with Crippen molar-refractivity contribution < 1.29 is 4.79 Å². The van der Waals surface area contributed by atoms with Crippen LogP contribution < -0.4 is 0 Å². The van der Waals surface area contributed by atoms with Crippen molar-refractivity contribution in [3.05, 3.63) is 33.7 Å². The normalized spacial score (nSPS) is 10.9. The fourth-order valence-corrected chi connectivity index (χ4v) is 2.09. The minimum Gasteiger partial charge on any atom is -0.296 e. The number of halogens is 1. The molecule has 0 N–H and O–H groups in total. The lowest BCUT2D eigenvalue weighted by Crippen LogP contribution is -1.95. The molecule has 2 aromatic heterocycles. The first-order chi connectivity index (χ1) is 7.67. The Hall–Kier alpha value is -1.16. The molecule has 2 rings (SSSR count). The largest absolute Gasteiger partial charge is 0.296 e. The van der Waals surface area contributed by atoms with E-state index in [0.717, 1.165) is 40.5 Å². The van der Waals surface area contributed by atoms with Gasteiger partial charge in [0, 0.05) is 10.7 Å². The molecule has 0 atom stereocenters. The van der Waals surface area contributed by atoms with E-state index in [-0.39, 0.29) is 0 Å². The lowest BCUT2D eigenvalue weighted by Gasteiger charge is -2.00. The van der Waals surface area contributed by atoms with Crippen molar-refractivity contribution in [1.82, 2.24) is 9.38 Å². The zero-order valence-corrected chi connectivity index (χ0v) is 10.9. The Balaban J connectivity index is 2.72. The molecule has 0 aromatic carbocycles. The number of nitrogens with zero attached hydrogens (tertiary/aromatic N) is 2. The molecule has 0 aliphatic heterocycles. The standard InChI is InChI=1S/C12H13BrN2O/c1-3-4-10-11(7-16)15-6-9(13)8(2)5-12(15)14-10/h5-7H,3-4H2,1-2H3. The van der Waals surface area contributed by atoms with E-state index in [1.165, 1.54) is 0 Å². The van der Waals surface area contributed by atoms with Crippen LogP contribution >= 0.6 is 15.9 Å². The van der Waals surface area contributed by atoms with Crippen LogP contribution in [0.25, 0.3) is 5.65 Å². The van der Waals surface area contributed by atoms with E-state index in [2.05, 4.69) is 27.8 Å². The maximum atomic E-state index is 11.1. The molecular weight excluding hydrogens is 268 g/mol. The lowest BCUT2D eigenvalue weighted by atomic mass is 10.2. The van der Waals surface area contributed by atoms with Crippen LogP contribution in [0.4, 0.5) is 0 Å². The Morgan fingerprint density at radius 2 is 2.31 bits per heavy atom. The van der Waals surface area contributed by atoms with Gasteiger partial charge in [-0.2, -0.15) is 0 Å². The minimum atomic E-state index is 0.664. The van der Waals surface area contributed by atoms with Crippen molar-refractivity contribution in [3.8, 4) is 0 Å². The summed E-state index contributed by atoms with van der Waals surface area (Å²) in [6.45, 7) is 4.10. The zero-order valence-electron chi connectivity index (χ0n) is 9.33. The first kappa shape index (κ1) is 11.3. The van der Waals surface area contributed by atoms with Gasteiger partial charge in [-0.25, -0.2) is 4.98 Å². The highest BCUT2D eigenvalue weighted by atomic mass is 79.9. The van der Waals surface area contributed by atoms with Gasteiger partial charge in [0.05, 0.1) is 5.69 Å². The van der Waals surface area contributed by atoms with Crippen molar-refractivity contribution in [1.29, 1.82) is 0 Å². The summed E-state index contributed by atoms with van der Waals surface area (Å²) in [6.07, 6.45) is 4.62. The molecule has 0 spiro atoms. The predicted octanol–water partition coefficient (Wildman–Crippen LogP) is 3.17. The molecule has 0 aliphatic rings. The van der Waals surface area contributed by atoms with Crippen LogP contribution in [0.1, 0.15) is 35.1 Å². The molecule has 4 heteroatoms. The molecule has 2 aromatic rings. The van der Waals surface area contributed by atoms with Crippen LogP contribution in [0.15, 0.2) is 16.7 Å². The van der Waals surface area contributed by atoms with E-state index in [4.69, 9.17) is 0 Å². The van der Waals surface area contributed by atoms with Gasteiger partial charge in [0.2, 0.25) is 0 Å². The number of hydrogen-bond donors (Lipinski definition) is 0. The van der Waals surface area contributed by atoms with Gasteiger partial charge in [0.1, 0.15) is 11.3 Å². The summed E-state index contributed by atoms with van der Waals surface area (Å²) in [5.74, 6) is 0. The monoisotopic (exact) mass is 280 g/mol. The molecule has 0 aliphatic carbocycles. The second-order valence-corrected chi connectivity index (χ2v) is 4.70. The fourth-order valence-electron chi connectivity index (χ4n) is 1.77. The summed E-state index contributed by atoms with van der Waals surface area (Å²) in [5, 5.41) is 0. The summed E-state index contributed by atoms with van der Waals surface area (Å²) < 4.78 is 2.83. The van der Waals surface area contributed by atoms with Crippen molar-refractivity contribution in [2.45, 2.75) is 26.7 Å². The maximum absolute atomic E-state index is 11.1. The third-order valence-electron chi connectivity index (χ3n) is 2.61. The number of aryl methyl sites for hydroxylation is 2. The third kappa shape index (κ3) is 1.78. The lowest BCUT2D eigenvalue weighted by molar-refractivity contribution is 0.111. The van der Waals surface area contributed by atoms with E-state index in [1.807, 2.05) is 23.6 Å². The SMILES string of the molecule is CCCc1nc2cc(C)c(Br)cn2c1C=O. The third-order valence-corrected chi connectivity index (χ3v) is 3.44. The number of aldehydes is 1. The molecule has 0 bridgehead atoms. The van der Waals surface area contributed by atoms with Crippen molar-refractivity contribution in [2.24, 2.45) is 0 Å². The molecule has 0 amide bonds. The van der Waals surface area contributed by atoms with E-state index >= 15 is 0 Å². The first-order valence-electron chi connectivity index (χ1n) is 5.29. The molecule has 2 heterocycles. The number of fused-ring (bicyclic) bond motifs is 1. The van der Waals surface area contributed by atoms with Gasteiger partial charge in [0.15, 0.2) is 6.29 Å². The van der Waals surface area contributed by atoms with Crippen molar-refractivity contribution >= 4 is 27.9 Å². The first-order valence-corrected chi connectivity index (χ1v) is 6.09. The van der Waals surface area contributed by atoms with E-state index in [0.29, 0.717) is 5.69 Å². The van der Waals surface area contributed by atoms with Crippen LogP contribution in [-0.2, 0) is 6.42 Å². The number of carbonyl (C=O) groups excluding carboxylic acids is 1. The summed E-state index contributed by atoms with van der Waals surface area (Å²) in [7, 11) is 0. The summed E-state index contributed by atoms with van der Waals surface area (Å²) in [6, 6.07) is 1.98. The van der Waals surface area contributed by atoms with E-state index in [9.17, 15) is 4.79 Å². The number of aromatic nitrogens is 2. The fraction of sp³-hybridized carbons (Fsp3) is 0.333. The van der Waals surface area contributed by atoms with Crippen LogP contribution in [0.5, 0.6) is 0 Å². The van der Waals surface area contributed by atoms with Crippen molar-refractivity contribution in [2.75, 3.05) is 0 Å². The molecule has 0 saturated carbocycles. The number of rotatable bonds is 3. The smallest absolute Gasteiger partial charge is 0.168 e. The Morgan fingerprint density at radius 1 is 1.56 bits per heavy atom. The molecule has 84 valence electrons. The highest BCUT2D eigenvalue weighted by Gasteiger charge is 2.11. The summed E-state index contributed by atoms with van der Waals surface area (Å²) >= 11 is 3.46. The zero-order chi connectivity index (χ0) is 11.7. The Labute approximate surface area is 103 Å². The van der Waals surface area contributed by atoms with Crippen molar-refractivity contribution in [3.63, 3.8) is 0 Å². The Bertz CT molecular complexity index is 545. The number of pyridine rings is 1. The molecule has 0 fully saturated rings. The van der Waals surface area contributed by atoms with Gasteiger partial charge >= 0.3 is 0 Å². The highest BCUT2D eigenvalue weighted by molar-refractivity contribution is 9.10. The molecular formula is C12H13BrN2O. The molecule has 0 saturated heterocycles. The molecule has 16 heavy (non-hydrogen) atoms. The van der Waals surface area contributed by atoms with Crippen LogP contribution in [0, 0.1) is 6.92 Å². The predicted molar refractivity (Wildman–Crippen MR) is 67.0 cm³/mol. The van der Waals surface area contributed by atoms with Crippen LogP contribution in [0.2, 0.25) is 0 Å². The molecule has 3 nitrogen and oxygen atoms in total. The molecule has 0 radical (unpaired) electrons. The minimum absolute atomic E-state index is 0.664. The highest BCUT2D eigenvalue weighted by Crippen LogP contribution is 2.20. The summed E-state index contributed by atoms with van der Waals surface area (Å²) in [5.41, 5.74) is 3.51. The Kier molecular flexibility index (Phi) is 3.10. The second-order valence-electron chi connectivity index (χ2n) is 3.84. The van der Waals surface area contributed by atoms with Gasteiger partial charge < -0.3 is 0 Å². The average Bonchev–Trinajstić information content (AvgIpc) is 2.56. The maximum Gasteiger partial charge on any atom is 0.168 e. The second kappa shape index (κ2) is 4.37. The van der Waals surface area contributed by atoms with E-state index in [1.54, 1.807) is 0 Å². The number of hydrogen-bond acceptors (Lipinski definition) is 2. The molecule has 0 unspecified atom stereocenters. The van der Waals surface area contributed by atoms with Gasteiger partial charge in [0.25, 0.3) is 0 Å². The van der Waals surface area contributed by atoms with Gasteiger partial charge in [-0.05, 0) is 40.9 Å². The van der Waals surface area contributed by atoms with Gasteiger partial charge in [-0.15, -0.1) is 0 Å². The number of imidazole rings is 1. The quantitative estimate of drug-likeness (QED) is 0.810. The summed E-state index contributed by atoms with van der Waals surface area (Å²) in [4.78, 5) is 15.6. The average molecular weight is 281 g/mol. The van der Waals surface area contributed by atoms with Crippen LogP contribution in [0.3, 0.4) is 0 Å². The van der Waals surface area contributed by atoms with Crippen LogP contribution in [-0.4, -0.2) is 15.7 Å². The topological polar surface area (TPSA) is 34.4 Å². The van der Waals surface area contributed by atoms with E-state index < -0.39 is 0 Å². The Morgan fingerprint density at radius 3 is 2.94 bits per heavy atom. The van der Waals surface area contributed by atoms with Gasteiger partial charge in [-0.3, -0.25) is 9.20 Å². The van der Waals surface area contributed by atoms with Gasteiger partial charge in [-0.1, -0.05) is 13.3 Å². The number of carbonyl (C=O) groups is 1.